The van der Waals surface area contributed by atoms with Crippen molar-refractivity contribution in [2.24, 2.45) is 0 Å². The molecule has 1 aliphatic rings. The van der Waals surface area contributed by atoms with Crippen LogP contribution in [0.3, 0.4) is 0 Å². The van der Waals surface area contributed by atoms with Crippen LogP contribution in [0.2, 0.25) is 0 Å². The highest BCUT2D eigenvalue weighted by Gasteiger charge is 2.25. The third-order valence-electron chi connectivity index (χ3n) is 2.81. The Morgan fingerprint density at radius 2 is 1.88 bits per heavy atom. The largest absolute Gasteiger partial charge is 0.301 e. The van der Waals surface area contributed by atoms with Crippen LogP contribution in [0.15, 0.2) is 24.3 Å². The van der Waals surface area contributed by atoms with Crippen LogP contribution in [0.4, 0.5) is 5.69 Å². The van der Waals surface area contributed by atoms with Gasteiger partial charge >= 0.3 is 10.2 Å². The lowest BCUT2D eigenvalue weighted by Gasteiger charge is -2.18. The van der Waals surface area contributed by atoms with Gasteiger partial charge in [0.1, 0.15) is 0 Å². The number of alkyl halides is 1. The minimum atomic E-state index is -3.38. The standard InChI is InChI=1S/C11H15BrN2O2S/c12-9-10-5-1-2-6-11(10)13-17(15,16)14-7-3-4-8-14/h1-2,5-6,13H,3-4,7-9H2. The summed E-state index contributed by atoms with van der Waals surface area (Å²) in [6, 6.07) is 7.40. The first-order valence-electron chi connectivity index (χ1n) is 5.55. The summed E-state index contributed by atoms with van der Waals surface area (Å²) in [6.07, 6.45) is 1.89. The monoisotopic (exact) mass is 318 g/mol. The Morgan fingerprint density at radius 1 is 1.24 bits per heavy atom. The van der Waals surface area contributed by atoms with Crippen LogP contribution in [0.25, 0.3) is 0 Å². The third-order valence-corrected chi connectivity index (χ3v) is 4.93. The van der Waals surface area contributed by atoms with E-state index in [1.807, 2.05) is 18.2 Å². The molecular weight excluding hydrogens is 304 g/mol. The van der Waals surface area contributed by atoms with Gasteiger partial charge in [-0.15, -0.1) is 0 Å². The summed E-state index contributed by atoms with van der Waals surface area (Å²) in [7, 11) is -3.38. The average Bonchev–Trinajstić information content (AvgIpc) is 2.83. The Bertz CT molecular complexity index is 484. The van der Waals surface area contributed by atoms with Crippen molar-refractivity contribution in [3.05, 3.63) is 29.8 Å². The lowest BCUT2D eigenvalue weighted by atomic mass is 10.2. The van der Waals surface area contributed by atoms with Crippen molar-refractivity contribution in [1.82, 2.24) is 4.31 Å². The maximum absolute atomic E-state index is 12.1. The molecule has 4 nitrogen and oxygen atoms in total. The van der Waals surface area contributed by atoms with E-state index in [0.29, 0.717) is 24.1 Å². The Balaban J connectivity index is 2.19. The number of hydrogen-bond donors (Lipinski definition) is 1. The van der Waals surface area contributed by atoms with Crippen molar-refractivity contribution in [3.8, 4) is 0 Å². The van der Waals surface area contributed by atoms with E-state index in [-0.39, 0.29) is 0 Å². The first-order chi connectivity index (χ1) is 8.13. The highest BCUT2D eigenvalue weighted by molar-refractivity contribution is 9.08. The molecule has 0 unspecified atom stereocenters. The van der Waals surface area contributed by atoms with Crippen molar-refractivity contribution in [1.29, 1.82) is 0 Å². The Labute approximate surface area is 110 Å². The van der Waals surface area contributed by atoms with Gasteiger partial charge < -0.3 is 0 Å². The second kappa shape index (κ2) is 5.37. The lowest BCUT2D eigenvalue weighted by molar-refractivity contribution is 0.482. The van der Waals surface area contributed by atoms with Crippen LogP contribution in [0.1, 0.15) is 18.4 Å². The van der Waals surface area contributed by atoms with Gasteiger partial charge in [-0.3, -0.25) is 4.72 Å². The van der Waals surface area contributed by atoms with E-state index in [1.54, 1.807) is 6.07 Å². The fourth-order valence-corrected chi connectivity index (χ4v) is 3.70. The van der Waals surface area contributed by atoms with Crippen molar-refractivity contribution >= 4 is 31.8 Å². The highest BCUT2D eigenvalue weighted by Crippen LogP contribution is 2.21. The molecule has 6 heteroatoms. The molecule has 1 aliphatic heterocycles. The van der Waals surface area contributed by atoms with E-state index in [4.69, 9.17) is 0 Å². The minimum Gasteiger partial charge on any atom is -0.271 e. The average molecular weight is 319 g/mol. The molecule has 0 bridgehead atoms. The number of halogens is 1. The number of benzene rings is 1. The Morgan fingerprint density at radius 3 is 2.53 bits per heavy atom. The summed E-state index contributed by atoms with van der Waals surface area (Å²) in [4.78, 5) is 0. The number of hydrogen-bond acceptors (Lipinski definition) is 2. The molecule has 1 fully saturated rings. The molecule has 1 aromatic rings. The van der Waals surface area contributed by atoms with Gasteiger partial charge in [-0.25, -0.2) is 0 Å². The van der Waals surface area contributed by atoms with Crippen LogP contribution in [0, 0.1) is 0 Å². The lowest BCUT2D eigenvalue weighted by Crippen LogP contribution is -2.33. The van der Waals surface area contributed by atoms with E-state index in [9.17, 15) is 8.42 Å². The van der Waals surface area contributed by atoms with Gasteiger partial charge in [0.15, 0.2) is 0 Å². The molecule has 0 radical (unpaired) electrons. The molecule has 0 aromatic heterocycles. The summed E-state index contributed by atoms with van der Waals surface area (Å²) >= 11 is 3.35. The molecule has 17 heavy (non-hydrogen) atoms. The molecular formula is C11H15BrN2O2S. The maximum Gasteiger partial charge on any atom is 0.301 e. The molecule has 0 spiro atoms. The molecule has 0 saturated carbocycles. The quantitative estimate of drug-likeness (QED) is 0.866. The maximum atomic E-state index is 12.1. The predicted octanol–water partition coefficient (Wildman–Crippen LogP) is 2.33. The van der Waals surface area contributed by atoms with Crippen LogP contribution in [-0.4, -0.2) is 25.8 Å². The van der Waals surface area contributed by atoms with Gasteiger partial charge in [-0.1, -0.05) is 34.1 Å². The second-order valence-corrected chi connectivity index (χ2v) is 6.24. The minimum absolute atomic E-state index is 0.617. The van der Waals surface area contributed by atoms with Crippen molar-refractivity contribution in [2.45, 2.75) is 18.2 Å². The van der Waals surface area contributed by atoms with E-state index in [1.165, 1.54) is 4.31 Å². The molecule has 1 N–H and O–H groups in total. The van der Waals surface area contributed by atoms with Crippen LogP contribution < -0.4 is 4.72 Å². The van der Waals surface area contributed by atoms with E-state index in [2.05, 4.69) is 20.7 Å². The van der Waals surface area contributed by atoms with Crippen LogP contribution >= 0.6 is 15.9 Å². The summed E-state index contributed by atoms with van der Waals surface area (Å²) < 4.78 is 28.3. The zero-order valence-electron chi connectivity index (χ0n) is 9.39. The topological polar surface area (TPSA) is 49.4 Å². The second-order valence-electron chi connectivity index (χ2n) is 4.00. The van der Waals surface area contributed by atoms with Gasteiger partial charge in [0, 0.05) is 18.4 Å². The number of rotatable bonds is 4. The molecule has 1 heterocycles. The van der Waals surface area contributed by atoms with E-state index in [0.717, 1.165) is 18.4 Å². The van der Waals surface area contributed by atoms with Crippen LogP contribution in [0.5, 0.6) is 0 Å². The molecule has 1 saturated heterocycles. The summed E-state index contributed by atoms with van der Waals surface area (Å²) in [5.41, 5.74) is 1.59. The highest BCUT2D eigenvalue weighted by atomic mass is 79.9. The SMILES string of the molecule is O=S(=O)(Nc1ccccc1CBr)N1CCCC1. The van der Waals surface area contributed by atoms with Gasteiger partial charge in [0.05, 0.1) is 5.69 Å². The smallest absolute Gasteiger partial charge is 0.271 e. The van der Waals surface area contributed by atoms with Gasteiger partial charge in [-0.2, -0.15) is 12.7 Å². The molecule has 0 amide bonds. The molecule has 0 aliphatic carbocycles. The normalized spacial score (nSPS) is 17.2. The summed E-state index contributed by atoms with van der Waals surface area (Å²) in [5.74, 6) is 0. The van der Waals surface area contributed by atoms with Crippen molar-refractivity contribution < 1.29 is 8.42 Å². The first-order valence-corrected chi connectivity index (χ1v) is 8.11. The van der Waals surface area contributed by atoms with Gasteiger partial charge in [0.2, 0.25) is 0 Å². The zero-order chi connectivity index (χ0) is 12.3. The predicted molar refractivity (Wildman–Crippen MR) is 72.4 cm³/mol. The molecule has 1 aromatic carbocycles. The summed E-state index contributed by atoms with van der Waals surface area (Å²) in [5, 5.41) is 0.631. The number of anilines is 1. The molecule has 0 atom stereocenters. The zero-order valence-corrected chi connectivity index (χ0v) is 11.8. The van der Waals surface area contributed by atoms with E-state index >= 15 is 0 Å². The van der Waals surface area contributed by atoms with Crippen molar-refractivity contribution in [2.75, 3.05) is 17.8 Å². The first kappa shape index (κ1) is 12.9. The molecule has 2 rings (SSSR count). The number of nitrogens with zero attached hydrogens (tertiary/aromatic N) is 1. The van der Waals surface area contributed by atoms with Crippen molar-refractivity contribution in [3.63, 3.8) is 0 Å². The fraction of sp³-hybridized carbons (Fsp3) is 0.455. The molecule has 94 valence electrons. The Hall–Kier alpha value is -0.590. The number of nitrogens with one attached hydrogen (secondary N) is 1. The van der Waals surface area contributed by atoms with Crippen LogP contribution in [-0.2, 0) is 15.5 Å². The van der Waals surface area contributed by atoms with Gasteiger partial charge in [-0.05, 0) is 24.5 Å². The van der Waals surface area contributed by atoms with E-state index < -0.39 is 10.2 Å². The Kier molecular flexibility index (Phi) is 4.06. The third kappa shape index (κ3) is 3.00. The van der Waals surface area contributed by atoms with Gasteiger partial charge in [0.25, 0.3) is 0 Å². The number of para-hydroxylation sites is 1. The summed E-state index contributed by atoms with van der Waals surface area (Å²) in [6.45, 7) is 1.23. The fourth-order valence-electron chi connectivity index (χ4n) is 1.87.